The Morgan fingerprint density at radius 1 is 1.11 bits per heavy atom. The summed E-state index contributed by atoms with van der Waals surface area (Å²) in [4.78, 5) is 12.4. The van der Waals surface area contributed by atoms with Crippen LogP contribution in [0.2, 0.25) is 0 Å². The van der Waals surface area contributed by atoms with E-state index in [1.54, 1.807) is 6.92 Å². The van der Waals surface area contributed by atoms with Crippen LogP contribution in [0.15, 0.2) is 11.1 Å². The summed E-state index contributed by atoms with van der Waals surface area (Å²) in [5, 5.41) is 45.4. The smallest absolute Gasteiger partial charge is 0.307 e. The van der Waals surface area contributed by atoms with Crippen molar-refractivity contribution >= 4 is 5.97 Å². The molecule has 2 aliphatic heterocycles. The van der Waals surface area contributed by atoms with Crippen LogP contribution in [0, 0.1) is 22.7 Å². The fraction of sp³-hybridized carbons (Fsp3) is 0.857. The quantitative estimate of drug-likeness (QED) is 0.345. The van der Waals surface area contributed by atoms with E-state index in [2.05, 4.69) is 0 Å². The summed E-state index contributed by atoms with van der Waals surface area (Å²) in [6.45, 7) is 7.53. The first-order valence-corrected chi connectivity index (χ1v) is 10.2. The lowest BCUT2D eigenvalue weighted by atomic mass is 9.59. The number of fused-ring (bicyclic) bond motifs is 2. The van der Waals surface area contributed by atoms with Crippen molar-refractivity contribution in [1.82, 2.24) is 0 Å². The van der Waals surface area contributed by atoms with Crippen LogP contribution < -0.4 is 0 Å². The van der Waals surface area contributed by atoms with Gasteiger partial charge in [0.05, 0.1) is 36.3 Å². The van der Waals surface area contributed by atoms with Gasteiger partial charge in [-0.15, -0.1) is 0 Å². The minimum Gasteiger partial charge on any atom is -0.455 e. The molecule has 7 heteroatoms. The molecule has 28 heavy (non-hydrogen) atoms. The van der Waals surface area contributed by atoms with Gasteiger partial charge in [-0.2, -0.15) is 0 Å². The summed E-state index contributed by atoms with van der Waals surface area (Å²) >= 11 is 0. The van der Waals surface area contributed by atoms with Gasteiger partial charge in [-0.05, 0) is 26.7 Å². The Morgan fingerprint density at radius 3 is 2.46 bits per heavy atom. The number of rotatable bonds is 0. The van der Waals surface area contributed by atoms with Gasteiger partial charge in [-0.25, -0.2) is 0 Å². The molecule has 2 saturated heterocycles. The van der Waals surface area contributed by atoms with E-state index < -0.39 is 52.4 Å². The van der Waals surface area contributed by atoms with Crippen molar-refractivity contribution in [2.24, 2.45) is 22.7 Å². The lowest BCUT2D eigenvalue weighted by Crippen LogP contribution is -2.71. The van der Waals surface area contributed by atoms with E-state index in [0.29, 0.717) is 12.8 Å². The van der Waals surface area contributed by atoms with Gasteiger partial charge in [0, 0.05) is 17.3 Å². The fourth-order valence-electron chi connectivity index (χ4n) is 7.55. The molecule has 4 bridgehead atoms. The maximum Gasteiger partial charge on any atom is 0.307 e. The molecule has 3 aliphatic carbocycles. The van der Waals surface area contributed by atoms with E-state index in [1.165, 1.54) is 0 Å². The second kappa shape index (κ2) is 5.19. The van der Waals surface area contributed by atoms with Crippen LogP contribution in [0.4, 0.5) is 0 Å². The predicted molar refractivity (Wildman–Crippen MR) is 97.0 cm³/mol. The zero-order valence-electron chi connectivity index (χ0n) is 16.8. The van der Waals surface area contributed by atoms with Gasteiger partial charge in [0.25, 0.3) is 0 Å². The highest BCUT2D eigenvalue weighted by Gasteiger charge is 2.79. The Morgan fingerprint density at radius 2 is 1.79 bits per heavy atom. The number of ether oxygens (including phenoxy) is 2. The molecule has 0 aromatic carbocycles. The first kappa shape index (κ1) is 19.0. The molecule has 9 atom stereocenters. The number of hydrogen-bond acceptors (Lipinski definition) is 7. The minimum absolute atomic E-state index is 0.157. The first-order valence-electron chi connectivity index (χ1n) is 10.2. The number of aliphatic hydroxyl groups is 4. The Labute approximate surface area is 164 Å². The van der Waals surface area contributed by atoms with Crippen LogP contribution in [-0.2, 0) is 14.3 Å². The molecule has 4 N–H and O–H groups in total. The highest BCUT2D eigenvalue weighted by atomic mass is 16.6. The van der Waals surface area contributed by atoms with Gasteiger partial charge in [-0.3, -0.25) is 4.79 Å². The van der Waals surface area contributed by atoms with Crippen molar-refractivity contribution in [2.75, 3.05) is 6.61 Å². The zero-order valence-corrected chi connectivity index (χ0v) is 16.8. The monoisotopic (exact) mass is 394 g/mol. The molecule has 5 aliphatic rings. The average Bonchev–Trinajstić information content (AvgIpc) is 2.99. The van der Waals surface area contributed by atoms with E-state index in [4.69, 9.17) is 9.47 Å². The van der Waals surface area contributed by atoms with Gasteiger partial charge in [-0.1, -0.05) is 25.0 Å². The second-order valence-corrected chi connectivity index (χ2v) is 10.4. The van der Waals surface area contributed by atoms with Crippen molar-refractivity contribution in [2.45, 2.75) is 82.6 Å². The molecule has 2 saturated carbocycles. The normalized spacial score (nSPS) is 56.8. The molecule has 7 nitrogen and oxygen atoms in total. The van der Waals surface area contributed by atoms with Gasteiger partial charge in [0.1, 0.15) is 12.2 Å². The summed E-state index contributed by atoms with van der Waals surface area (Å²) < 4.78 is 12.1. The van der Waals surface area contributed by atoms with E-state index >= 15 is 0 Å². The minimum atomic E-state index is -1.50. The van der Waals surface area contributed by atoms with E-state index in [9.17, 15) is 25.2 Å². The Bertz CT molecular complexity index is 786. The number of carbonyl (C=O) groups is 1. The highest BCUT2D eigenvalue weighted by molar-refractivity contribution is 5.75. The van der Waals surface area contributed by atoms with Crippen molar-refractivity contribution in [3.05, 3.63) is 11.1 Å². The van der Waals surface area contributed by atoms with Crippen LogP contribution in [0.1, 0.15) is 47.0 Å². The van der Waals surface area contributed by atoms with Crippen LogP contribution in [0.25, 0.3) is 0 Å². The molecule has 2 heterocycles. The molecule has 0 unspecified atom stereocenters. The summed E-state index contributed by atoms with van der Waals surface area (Å²) in [5.41, 5.74) is -2.95. The fourth-order valence-corrected chi connectivity index (χ4v) is 7.55. The molecule has 2 spiro atoms. The van der Waals surface area contributed by atoms with Crippen LogP contribution >= 0.6 is 0 Å². The van der Waals surface area contributed by atoms with Crippen molar-refractivity contribution in [3.63, 3.8) is 0 Å². The number of hydrogen-bond donors (Lipinski definition) is 4. The number of aliphatic hydroxyl groups excluding tert-OH is 3. The maximum absolute atomic E-state index is 12.4. The second-order valence-electron chi connectivity index (χ2n) is 10.4. The van der Waals surface area contributed by atoms with Gasteiger partial charge in [0.15, 0.2) is 5.60 Å². The predicted octanol–water partition coefficient (Wildman–Crippen LogP) is 0.287. The van der Waals surface area contributed by atoms with E-state index in [-0.39, 0.29) is 24.9 Å². The summed E-state index contributed by atoms with van der Waals surface area (Å²) in [7, 11) is 0. The standard InChI is InChI=1S/C21H30O7/c1-9-10-5-6-11-14(23)20(10,17(25)19(11,4)26)16-15(24)21(18(2,3)8-27-16)12(9)7-13(22)28-21/h11-12,14-17,23-26H,5-8H2,1-4H3/t11-,12+,14-,15-,16-,17+,19+,20+,21+/m1/s1. The molecule has 0 radical (unpaired) electrons. The van der Waals surface area contributed by atoms with E-state index in [1.807, 2.05) is 20.8 Å². The third kappa shape index (κ3) is 1.70. The number of esters is 1. The van der Waals surface area contributed by atoms with Gasteiger partial charge >= 0.3 is 5.97 Å². The van der Waals surface area contributed by atoms with E-state index in [0.717, 1.165) is 11.1 Å². The molecule has 0 amide bonds. The maximum atomic E-state index is 12.4. The molecular weight excluding hydrogens is 364 g/mol. The van der Waals surface area contributed by atoms with Crippen LogP contribution in [0.5, 0.6) is 0 Å². The third-order valence-corrected chi connectivity index (χ3v) is 8.90. The SMILES string of the molecule is CC1=C2CC[C@@H]3[C@@H](O)[C@@]2([C@@H]2OCC(C)(C)[C@@]4(OC(=O)C[C@@H]14)[C@@H]2O)[C@@H](O)[C@@]3(C)O. The molecule has 156 valence electrons. The topological polar surface area (TPSA) is 116 Å². The largest absolute Gasteiger partial charge is 0.455 e. The summed E-state index contributed by atoms with van der Waals surface area (Å²) in [6.07, 6.45) is -3.27. The first-order chi connectivity index (χ1) is 12.9. The third-order valence-electron chi connectivity index (χ3n) is 8.90. The lowest BCUT2D eigenvalue weighted by Gasteiger charge is -2.57. The zero-order chi connectivity index (χ0) is 20.4. The molecular formula is C21H30O7. The molecule has 0 aromatic heterocycles. The molecule has 0 aromatic rings. The van der Waals surface area contributed by atoms with Gasteiger partial charge in [0.2, 0.25) is 0 Å². The number of carbonyl (C=O) groups excluding carboxylic acids is 1. The van der Waals surface area contributed by atoms with Crippen LogP contribution in [0.3, 0.4) is 0 Å². The molecule has 4 fully saturated rings. The Balaban J connectivity index is 1.83. The van der Waals surface area contributed by atoms with Crippen molar-refractivity contribution in [1.29, 1.82) is 0 Å². The van der Waals surface area contributed by atoms with Gasteiger partial charge < -0.3 is 29.9 Å². The lowest BCUT2D eigenvalue weighted by molar-refractivity contribution is -0.287. The van der Waals surface area contributed by atoms with Crippen molar-refractivity contribution in [3.8, 4) is 0 Å². The Kier molecular flexibility index (Phi) is 3.52. The van der Waals surface area contributed by atoms with Crippen LogP contribution in [-0.4, -0.2) is 68.6 Å². The molecule has 5 rings (SSSR count). The summed E-state index contributed by atoms with van der Waals surface area (Å²) in [5.74, 6) is -1.21. The van der Waals surface area contributed by atoms with Crippen molar-refractivity contribution < 1.29 is 34.7 Å². The highest BCUT2D eigenvalue weighted by Crippen LogP contribution is 2.68. The Hall–Kier alpha value is -0.990. The summed E-state index contributed by atoms with van der Waals surface area (Å²) in [6, 6.07) is 0. The average molecular weight is 394 g/mol.